The summed E-state index contributed by atoms with van der Waals surface area (Å²) in [5.74, 6) is -1.07. The van der Waals surface area contributed by atoms with E-state index < -0.39 is 36.0 Å². The van der Waals surface area contributed by atoms with Gasteiger partial charge in [-0.25, -0.2) is 4.79 Å². The van der Waals surface area contributed by atoms with Crippen LogP contribution in [0.1, 0.15) is 30.3 Å². The van der Waals surface area contributed by atoms with Gasteiger partial charge in [-0.05, 0) is 13.3 Å². The summed E-state index contributed by atoms with van der Waals surface area (Å²) in [6.45, 7) is 1.68. The molecule has 10 heteroatoms. The molecule has 1 aromatic heterocycles. The minimum Gasteiger partial charge on any atom is -0.447 e. The number of ether oxygens (including phenoxy) is 1. The molecule has 1 fully saturated rings. The molecule has 1 aromatic carbocycles. The van der Waals surface area contributed by atoms with Gasteiger partial charge in [-0.3, -0.25) is 19.7 Å². The first-order valence-corrected chi connectivity index (χ1v) is 8.52. The molecule has 3 rings (SSSR count). The summed E-state index contributed by atoms with van der Waals surface area (Å²) < 4.78 is 10.2. The van der Waals surface area contributed by atoms with E-state index >= 15 is 0 Å². The smallest absolute Gasteiger partial charge is 0.322 e. The van der Waals surface area contributed by atoms with Gasteiger partial charge in [-0.1, -0.05) is 35.5 Å². The monoisotopic (exact) mass is 386 g/mol. The van der Waals surface area contributed by atoms with Crippen LogP contribution in [0.25, 0.3) is 0 Å². The third-order valence-electron chi connectivity index (χ3n) is 3.96. The zero-order chi connectivity index (χ0) is 20.1. The van der Waals surface area contributed by atoms with Crippen molar-refractivity contribution >= 4 is 29.6 Å². The van der Waals surface area contributed by atoms with Crippen LogP contribution in [-0.2, 0) is 19.1 Å². The first kappa shape index (κ1) is 19.1. The number of esters is 1. The molecule has 2 aromatic rings. The van der Waals surface area contributed by atoms with Gasteiger partial charge in [-0.2, -0.15) is 0 Å². The van der Waals surface area contributed by atoms with Crippen molar-refractivity contribution in [1.82, 2.24) is 15.8 Å². The predicted molar refractivity (Wildman–Crippen MR) is 94.8 cm³/mol. The van der Waals surface area contributed by atoms with Crippen molar-refractivity contribution in [3.8, 4) is 0 Å². The van der Waals surface area contributed by atoms with Crippen molar-refractivity contribution in [1.29, 1.82) is 0 Å². The Morgan fingerprint density at radius 2 is 2.04 bits per heavy atom. The van der Waals surface area contributed by atoms with Crippen LogP contribution in [0.2, 0.25) is 0 Å². The normalized spacial score (nSPS) is 16.8. The van der Waals surface area contributed by atoms with Gasteiger partial charge >= 0.3 is 12.0 Å². The molecular formula is C18H18N4O6. The summed E-state index contributed by atoms with van der Waals surface area (Å²) in [4.78, 5) is 47.5. The minimum atomic E-state index is -1.21. The second kappa shape index (κ2) is 8.33. The summed E-state index contributed by atoms with van der Waals surface area (Å²) in [6, 6.07) is 8.61. The van der Waals surface area contributed by atoms with Crippen LogP contribution in [0.15, 0.2) is 40.9 Å². The Bertz CT molecular complexity index is 894. The lowest BCUT2D eigenvalue weighted by Gasteiger charge is -2.17. The van der Waals surface area contributed by atoms with Gasteiger partial charge in [-0.15, -0.1) is 0 Å². The van der Waals surface area contributed by atoms with E-state index in [-0.39, 0.29) is 18.7 Å². The Morgan fingerprint density at radius 1 is 1.29 bits per heavy atom. The second-order valence-electron chi connectivity index (χ2n) is 6.15. The maximum absolute atomic E-state index is 12.6. The van der Waals surface area contributed by atoms with Gasteiger partial charge in [0.2, 0.25) is 6.10 Å². The lowest BCUT2D eigenvalue weighted by molar-refractivity contribution is -0.155. The van der Waals surface area contributed by atoms with E-state index in [1.807, 2.05) is 0 Å². The number of hydrogen-bond acceptors (Lipinski definition) is 7. The lowest BCUT2D eigenvalue weighted by Crippen LogP contribution is -2.30. The van der Waals surface area contributed by atoms with Crippen LogP contribution < -0.4 is 16.0 Å². The largest absolute Gasteiger partial charge is 0.447 e. The van der Waals surface area contributed by atoms with E-state index in [0.29, 0.717) is 11.3 Å². The molecular weight excluding hydrogens is 368 g/mol. The molecule has 0 bridgehead atoms. The van der Waals surface area contributed by atoms with Gasteiger partial charge in [0, 0.05) is 18.1 Å². The van der Waals surface area contributed by atoms with Crippen LogP contribution in [-0.4, -0.2) is 35.0 Å². The number of nitrogens with one attached hydrogen (secondary N) is 3. The van der Waals surface area contributed by atoms with E-state index in [9.17, 15) is 19.2 Å². The van der Waals surface area contributed by atoms with Gasteiger partial charge in [0.05, 0.1) is 0 Å². The lowest BCUT2D eigenvalue weighted by atomic mass is 10.1. The number of urea groups is 1. The number of hydrogen-bond donors (Lipinski definition) is 3. The summed E-state index contributed by atoms with van der Waals surface area (Å²) in [6.07, 6.45) is -1.31. The predicted octanol–water partition coefficient (Wildman–Crippen LogP) is 1.19. The fourth-order valence-corrected chi connectivity index (χ4v) is 2.63. The highest BCUT2D eigenvalue weighted by Gasteiger charge is 2.31. The molecule has 0 unspecified atom stereocenters. The standard InChI is InChI=1S/C18H18N4O6/c1-10-9-13(22-28-10)20-17(25)15(11-5-3-2-4-6-11)27-14(23)8-7-12-16(24)21-18(26)19-12/h2-6,9,12,15H,7-8H2,1H3,(H,20,22,25)(H2,19,21,24,26)/t12-,15+/m0/s1. The molecule has 3 N–H and O–H groups in total. The number of anilines is 1. The number of amides is 4. The number of carbonyl (C=O) groups excluding carboxylic acids is 4. The topological polar surface area (TPSA) is 140 Å². The number of benzene rings is 1. The quantitative estimate of drug-likeness (QED) is 0.480. The number of aryl methyl sites for hydroxylation is 1. The van der Waals surface area contributed by atoms with Gasteiger partial charge < -0.3 is 19.9 Å². The van der Waals surface area contributed by atoms with Crippen LogP contribution in [0.3, 0.4) is 0 Å². The minimum absolute atomic E-state index is 0.0576. The maximum Gasteiger partial charge on any atom is 0.322 e. The molecule has 0 spiro atoms. The molecule has 146 valence electrons. The number of carbonyl (C=O) groups is 4. The molecule has 4 amide bonds. The number of imide groups is 1. The van der Waals surface area contributed by atoms with Gasteiger partial charge in [0.1, 0.15) is 11.8 Å². The van der Waals surface area contributed by atoms with Crippen LogP contribution >= 0.6 is 0 Å². The van der Waals surface area contributed by atoms with Crippen molar-refractivity contribution in [2.45, 2.75) is 31.9 Å². The molecule has 1 saturated heterocycles. The molecule has 28 heavy (non-hydrogen) atoms. The first-order chi connectivity index (χ1) is 13.4. The van der Waals surface area contributed by atoms with Crippen molar-refractivity contribution in [2.75, 3.05) is 5.32 Å². The molecule has 2 heterocycles. The van der Waals surface area contributed by atoms with Crippen LogP contribution in [0, 0.1) is 6.92 Å². The highest BCUT2D eigenvalue weighted by Crippen LogP contribution is 2.21. The Kier molecular flexibility index (Phi) is 5.68. The van der Waals surface area contributed by atoms with Gasteiger partial charge in [0.25, 0.3) is 11.8 Å². The first-order valence-electron chi connectivity index (χ1n) is 8.52. The zero-order valence-corrected chi connectivity index (χ0v) is 14.9. The van der Waals surface area contributed by atoms with Crippen molar-refractivity contribution < 1.29 is 28.4 Å². The summed E-state index contributed by atoms with van der Waals surface area (Å²) in [5.41, 5.74) is 0.473. The average Bonchev–Trinajstić information content (AvgIpc) is 3.22. The number of rotatable bonds is 7. The maximum atomic E-state index is 12.6. The van der Waals surface area contributed by atoms with E-state index in [2.05, 4.69) is 21.1 Å². The SMILES string of the molecule is Cc1cc(NC(=O)[C@H](OC(=O)CC[C@@H]2NC(=O)NC2=O)c2ccccc2)no1. The third-order valence-corrected chi connectivity index (χ3v) is 3.96. The number of aromatic nitrogens is 1. The molecule has 0 radical (unpaired) electrons. The highest BCUT2D eigenvalue weighted by atomic mass is 16.5. The highest BCUT2D eigenvalue weighted by molar-refractivity contribution is 6.04. The fraction of sp³-hybridized carbons (Fsp3) is 0.278. The summed E-state index contributed by atoms with van der Waals surface area (Å²) in [7, 11) is 0. The average molecular weight is 386 g/mol. The third kappa shape index (κ3) is 4.72. The summed E-state index contributed by atoms with van der Waals surface area (Å²) >= 11 is 0. The Morgan fingerprint density at radius 3 is 2.64 bits per heavy atom. The zero-order valence-electron chi connectivity index (χ0n) is 14.9. The molecule has 1 aliphatic heterocycles. The molecule has 1 aliphatic rings. The van der Waals surface area contributed by atoms with Crippen molar-refractivity contribution in [2.24, 2.45) is 0 Å². The Balaban J connectivity index is 1.65. The molecule has 0 saturated carbocycles. The van der Waals surface area contributed by atoms with Crippen LogP contribution in [0.5, 0.6) is 0 Å². The van der Waals surface area contributed by atoms with E-state index in [1.54, 1.807) is 37.3 Å². The fourth-order valence-electron chi connectivity index (χ4n) is 2.63. The Hall–Kier alpha value is -3.69. The van der Waals surface area contributed by atoms with E-state index in [4.69, 9.17) is 9.26 Å². The summed E-state index contributed by atoms with van der Waals surface area (Å²) in [5, 5.41) is 10.7. The van der Waals surface area contributed by atoms with Crippen LogP contribution in [0.4, 0.5) is 10.6 Å². The molecule has 2 atom stereocenters. The van der Waals surface area contributed by atoms with Crippen molar-refractivity contribution in [3.63, 3.8) is 0 Å². The Labute approximate surface area is 159 Å². The van der Waals surface area contributed by atoms with Gasteiger partial charge in [0.15, 0.2) is 5.82 Å². The van der Waals surface area contributed by atoms with E-state index in [1.165, 1.54) is 6.07 Å². The number of nitrogens with zero attached hydrogens (tertiary/aromatic N) is 1. The second-order valence-corrected chi connectivity index (χ2v) is 6.15. The molecule has 0 aliphatic carbocycles. The van der Waals surface area contributed by atoms with Crippen molar-refractivity contribution in [3.05, 3.63) is 47.7 Å². The molecule has 10 nitrogen and oxygen atoms in total. The van der Waals surface area contributed by atoms with E-state index in [0.717, 1.165) is 0 Å².